The van der Waals surface area contributed by atoms with Crippen LogP contribution >= 0.6 is 0 Å². The molecular formula is C34H43FN5O2+. The molecule has 0 aliphatic carbocycles. The van der Waals surface area contributed by atoms with Gasteiger partial charge in [-0.05, 0) is 80.8 Å². The van der Waals surface area contributed by atoms with E-state index in [1.807, 2.05) is 18.3 Å². The molecular weight excluding hydrogens is 529 g/mol. The molecule has 7 rings (SSSR count). The molecule has 222 valence electrons. The standard InChI is InChI=1S/C34H43FN5O2/c1-3-15-40(16-13-38(2)14-17-40)34-29-22-30-26(23-36-39(30)31-6-4-5-18-42-31)21-28(29)32(24-7-9-27(35)10-8-24)33(37-34)25-11-19-41-20-12-25/h7-10,21-23,25,31H,3-6,11-20H2,1-2H3/q+1. The molecule has 3 saturated heterocycles. The number of quaternary nitrogens is 1. The lowest BCUT2D eigenvalue weighted by atomic mass is 9.86. The Bertz CT molecular complexity index is 1550. The summed E-state index contributed by atoms with van der Waals surface area (Å²) in [5.74, 6) is 1.26. The fourth-order valence-corrected chi connectivity index (χ4v) is 7.46. The first-order valence-corrected chi connectivity index (χ1v) is 15.9. The quantitative estimate of drug-likeness (QED) is 0.242. The third-order valence-corrected chi connectivity index (χ3v) is 9.82. The van der Waals surface area contributed by atoms with Crippen LogP contribution in [0.2, 0.25) is 0 Å². The number of ether oxygens (including phenoxy) is 2. The normalized spacial score (nSPS) is 22.2. The summed E-state index contributed by atoms with van der Waals surface area (Å²) in [5.41, 5.74) is 4.39. The summed E-state index contributed by atoms with van der Waals surface area (Å²) in [5, 5.41) is 8.35. The Morgan fingerprint density at radius 1 is 0.976 bits per heavy atom. The van der Waals surface area contributed by atoms with E-state index >= 15 is 0 Å². The maximum absolute atomic E-state index is 14.2. The van der Waals surface area contributed by atoms with Crippen molar-refractivity contribution in [1.29, 1.82) is 0 Å². The Labute approximate surface area is 247 Å². The lowest BCUT2D eigenvalue weighted by molar-refractivity contribution is -0.0366. The van der Waals surface area contributed by atoms with Gasteiger partial charge < -0.3 is 9.47 Å². The fourth-order valence-electron chi connectivity index (χ4n) is 7.46. The highest BCUT2D eigenvalue weighted by Gasteiger charge is 2.39. The van der Waals surface area contributed by atoms with Crippen LogP contribution in [0.15, 0.2) is 42.6 Å². The number of piperazine rings is 1. The number of likely N-dealkylation sites (N-methyl/N-ethyl adjacent to an activating group) is 1. The van der Waals surface area contributed by atoms with Crippen molar-refractivity contribution >= 4 is 27.5 Å². The molecule has 2 aromatic heterocycles. The molecule has 0 N–H and O–H groups in total. The zero-order valence-corrected chi connectivity index (χ0v) is 25.0. The summed E-state index contributed by atoms with van der Waals surface area (Å²) in [6.45, 7) is 9.79. The van der Waals surface area contributed by atoms with Crippen molar-refractivity contribution in [2.45, 2.75) is 57.6 Å². The van der Waals surface area contributed by atoms with E-state index in [9.17, 15) is 4.39 Å². The summed E-state index contributed by atoms with van der Waals surface area (Å²) in [6.07, 6.45) is 8.17. The molecule has 4 aromatic rings. The molecule has 0 amide bonds. The molecule has 3 aliphatic rings. The highest BCUT2D eigenvalue weighted by Crippen LogP contribution is 2.45. The summed E-state index contributed by atoms with van der Waals surface area (Å²) >= 11 is 0. The fraction of sp³-hybridized carbons (Fsp3) is 0.529. The van der Waals surface area contributed by atoms with Gasteiger partial charge in [-0.15, -0.1) is 0 Å². The Balaban J connectivity index is 1.53. The van der Waals surface area contributed by atoms with Crippen LogP contribution in [0.4, 0.5) is 10.2 Å². The predicted octanol–water partition coefficient (Wildman–Crippen LogP) is 6.65. The highest BCUT2D eigenvalue weighted by molar-refractivity contribution is 6.09. The maximum Gasteiger partial charge on any atom is 0.235 e. The number of aromatic nitrogens is 3. The molecule has 1 atom stereocenters. The van der Waals surface area contributed by atoms with Gasteiger partial charge in [0, 0.05) is 49.8 Å². The molecule has 3 fully saturated rings. The van der Waals surface area contributed by atoms with Gasteiger partial charge in [0.2, 0.25) is 5.82 Å². The zero-order chi connectivity index (χ0) is 28.7. The first-order valence-electron chi connectivity index (χ1n) is 15.9. The first-order chi connectivity index (χ1) is 20.6. The minimum atomic E-state index is -0.221. The van der Waals surface area contributed by atoms with Gasteiger partial charge in [0.1, 0.15) is 5.82 Å². The number of nitrogens with zero attached hydrogens (tertiary/aromatic N) is 5. The molecule has 8 heteroatoms. The molecule has 42 heavy (non-hydrogen) atoms. The van der Waals surface area contributed by atoms with Crippen molar-refractivity contribution < 1.29 is 13.9 Å². The van der Waals surface area contributed by atoms with E-state index in [0.717, 1.165) is 123 Å². The van der Waals surface area contributed by atoms with E-state index in [0.29, 0.717) is 5.92 Å². The van der Waals surface area contributed by atoms with Crippen LogP contribution in [-0.2, 0) is 9.47 Å². The van der Waals surface area contributed by atoms with Crippen molar-refractivity contribution in [2.24, 2.45) is 0 Å². The van der Waals surface area contributed by atoms with Gasteiger partial charge in [-0.25, -0.2) is 9.07 Å². The zero-order valence-electron chi connectivity index (χ0n) is 25.0. The van der Waals surface area contributed by atoms with Crippen molar-refractivity contribution in [2.75, 3.05) is 59.6 Å². The minimum Gasteiger partial charge on any atom is -0.381 e. The van der Waals surface area contributed by atoms with Gasteiger partial charge in [-0.3, -0.25) is 9.38 Å². The number of halogens is 1. The van der Waals surface area contributed by atoms with Gasteiger partial charge in [0.15, 0.2) is 6.23 Å². The molecule has 5 heterocycles. The second kappa shape index (κ2) is 11.6. The number of rotatable bonds is 6. The van der Waals surface area contributed by atoms with Crippen LogP contribution in [0, 0.1) is 5.82 Å². The van der Waals surface area contributed by atoms with Crippen molar-refractivity contribution in [3.63, 3.8) is 0 Å². The Morgan fingerprint density at radius 2 is 1.76 bits per heavy atom. The molecule has 0 spiro atoms. The summed E-state index contributed by atoms with van der Waals surface area (Å²) < 4.78 is 29.1. The molecule has 7 nitrogen and oxygen atoms in total. The van der Waals surface area contributed by atoms with Crippen molar-refractivity contribution in [3.05, 3.63) is 54.1 Å². The number of benzene rings is 2. The first kappa shape index (κ1) is 27.9. The monoisotopic (exact) mass is 572 g/mol. The van der Waals surface area contributed by atoms with Crippen molar-refractivity contribution in [1.82, 2.24) is 24.1 Å². The van der Waals surface area contributed by atoms with Gasteiger partial charge in [0.25, 0.3) is 0 Å². The second-order valence-corrected chi connectivity index (χ2v) is 12.6. The van der Waals surface area contributed by atoms with E-state index < -0.39 is 0 Å². The smallest absolute Gasteiger partial charge is 0.235 e. The third-order valence-electron chi connectivity index (χ3n) is 9.82. The van der Waals surface area contributed by atoms with Gasteiger partial charge in [0.05, 0.1) is 42.4 Å². The molecule has 0 bridgehead atoms. The second-order valence-electron chi connectivity index (χ2n) is 12.6. The SMILES string of the molecule is CCC[N+]1(c2nc(C3CCOCC3)c(-c3ccc(F)cc3)c3cc4cnn(C5CCCCO5)c4cc23)CCN(C)CC1. The van der Waals surface area contributed by atoms with E-state index in [1.165, 1.54) is 16.6 Å². The molecule has 0 radical (unpaired) electrons. The lowest BCUT2D eigenvalue weighted by Gasteiger charge is -2.43. The van der Waals surface area contributed by atoms with Crippen LogP contribution in [0.3, 0.4) is 0 Å². The van der Waals surface area contributed by atoms with E-state index in [-0.39, 0.29) is 12.0 Å². The number of fused-ring (bicyclic) bond motifs is 2. The summed E-state index contributed by atoms with van der Waals surface area (Å²) in [6, 6.07) is 11.7. The van der Waals surface area contributed by atoms with Crippen LogP contribution in [0.5, 0.6) is 0 Å². The van der Waals surface area contributed by atoms with Crippen LogP contribution in [-0.4, -0.2) is 79.3 Å². The lowest BCUT2D eigenvalue weighted by Crippen LogP contribution is -2.61. The Hall–Kier alpha value is -2.91. The summed E-state index contributed by atoms with van der Waals surface area (Å²) in [4.78, 5) is 8.18. The molecule has 3 aliphatic heterocycles. The molecule has 2 aromatic carbocycles. The third kappa shape index (κ3) is 5.02. The Kier molecular flexibility index (Phi) is 7.73. The van der Waals surface area contributed by atoms with Gasteiger partial charge in [-0.1, -0.05) is 19.1 Å². The van der Waals surface area contributed by atoms with Crippen molar-refractivity contribution in [3.8, 4) is 11.1 Å². The highest BCUT2D eigenvalue weighted by atomic mass is 19.1. The van der Waals surface area contributed by atoms with Crippen LogP contribution < -0.4 is 4.48 Å². The molecule has 0 saturated carbocycles. The minimum absolute atomic E-state index is 0.0365. The predicted molar refractivity (Wildman–Crippen MR) is 166 cm³/mol. The van der Waals surface area contributed by atoms with E-state index in [1.54, 1.807) is 12.1 Å². The van der Waals surface area contributed by atoms with Gasteiger partial charge >= 0.3 is 0 Å². The Morgan fingerprint density at radius 3 is 2.48 bits per heavy atom. The van der Waals surface area contributed by atoms with Gasteiger partial charge in [-0.2, -0.15) is 10.1 Å². The number of hydrogen-bond donors (Lipinski definition) is 0. The van der Waals surface area contributed by atoms with E-state index in [2.05, 4.69) is 35.7 Å². The number of hydrogen-bond acceptors (Lipinski definition) is 5. The van der Waals surface area contributed by atoms with Crippen LogP contribution in [0.1, 0.15) is 63.3 Å². The largest absolute Gasteiger partial charge is 0.381 e. The summed E-state index contributed by atoms with van der Waals surface area (Å²) in [7, 11) is 2.22. The number of pyridine rings is 1. The average Bonchev–Trinajstić information content (AvgIpc) is 3.45. The maximum atomic E-state index is 14.2. The van der Waals surface area contributed by atoms with E-state index in [4.69, 9.17) is 19.6 Å². The topological polar surface area (TPSA) is 52.4 Å². The average molecular weight is 573 g/mol. The van der Waals surface area contributed by atoms with Crippen LogP contribution in [0.25, 0.3) is 32.8 Å². The molecule has 1 unspecified atom stereocenters.